The van der Waals surface area contributed by atoms with Crippen LogP contribution in [0.1, 0.15) is 54.0 Å². The molecule has 1 aliphatic carbocycles. The third-order valence-electron chi connectivity index (χ3n) is 3.94. The van der Waals surface area contributed by atoms with Gasteiger partial charge in [0, 0.05) is 22.9 Å². The van der Waals surface area contributed by atoms with Gasteiger partial charge in [-0.25, -0.2) is 0 Å². The number of hydrogen-bond acceptors (Lipinski definition) is 3. The summed E-state index contributed by atoms with van der Waals surface area (Å²) in [4.78, 5) is 2.48. The predicted octanol–water partition coefficient (Wildman–Crippen LogP) is 4.42. The van der Waals surface area contributed by atoms with Crippen molar-refractivity contribution in [2.45, 2.75) is 57.3 Å². The van der Waals surface area contributed by atoms with E-state index in [0.717, 1.165) is 17.7 Å². The number of ether oxygens (including phenoxy) is 1. The van der Waals surface area contributed by atoms with Gasteiger partial charge in [-0.3, -0.25) is 0 Å². The molecule has 6 heteroatoms. The Morgan fingerprint density at radius 3 is 2.76 bits per heavy atom. The molecule has 1 aromatic rings. The number of thiophene rings is 1. The summed E-state index contributed by atoms with van der Waals surface area (Å²) in [6, 6.07) is 1.93. The number of rotatable bonds is 5. The van der Waals surface area contributed by atoms with Crippen molar-refractivity contribution >= 4 is 11.3 Å². The van der Waals surface area contributed by atoms with Crippen LogP contribution < -0.4 is 5.32 Å². The lowest BCUT2D eigenvalue weighted by molar-refractivity contribution is -0.126. The van der Waals surface area contributed by atoms with E-state index in [-0.39, 0.29) is 12.1 Å². The summed E-state index contributed by atoms with van der Waals surface area (Å²) in [5.41, 5.74) is 1.24. The quantitative estimate of drug-likeness (QED) is 0.867. The number of nitrogens with one attached hydrogen (secondary N) is 1. The van der Waals surface area contributed by atoms with Gasteiger partial charge in [-0.05, 0) is 43.7 Å². The van der Waals surface area contributed by atoms with E-state index in [4.69, 9.17) is 4.74 Å². The van der Waals surface area contributed by atoms with E-state index < -0.39 is 12.7 Å². The van der Waals surface area contributed by atoms with Gasteiger partial charge in [0.15, 0.2) is 0 Å². The van der Waals surface area contributed by atoms with Crippen LogP contribution in [0.2, 0.25) is 0 Å². The van der Waals surface area contributed by atoms with Crippen molar-refractivity contribution in [2.75, 3.05) is 13.7 Å². The van der Waals surface area contributed by atoms with E-state index in [1.807, 2.05) is 0 Å². The number of fused-ring (bicyclic) bond motifs is 1. The fourth-order valence-corrected chi connectivity index (χ4v) is 4.24. The minimum Gasteiger partial charge on any atom is -0.377 e. The summed E-state index contributed by atoms with van der Waals surface area (Å²) in [5, 5.41) is 2.54. The smallest absolute Gasteiger partial charge is 0.377 e. The van der Waals surface area contributed by atoms with Crippen molar-refractivity contribution < 1.29 is 17.9 Å². The molecular formula is C15H22F3NOS. The molecule has 0 aliphatic heterocycles. The molecule has 2 nitrogen and oxygen atoms in total. The molecule has 0 aromatic carbocycles. The average molecular weight is 321 g/mol. The third kappa shape index (κ3) is 4.44. The first-order chi connectivity index (χ1) is 9.80. The van der Waals surface area contributed by atoms with E-state index in [2.05, 4.69) is 18.3 Å². The van der Waals surface area contributed by atoms with Crippen LogP contribution in [0, 0.1) is 0 Å². The van der Waals surface area contributed by atoms with Gasteiger partial charge in [-0.1, -0.05) is 6.92 Å². The van der Waals surface area contributed by atoms with Crippen LogP contribution in [0.3, 0.4) is 0 Å². The summed E-state index contributed by atoms with van der Waals surface area (Å²) >= 11 is 1.72. The Morgan fingerprint density at radius 1 is 1.43 bits per heavy atom. The molecule has 120 valence electrons. The first-order valence-electron chi connectivity index (χ1n) is 7.25. The number of alkyl halides is 3. The van der Waals surface area contributed by atoms with Crippen molar-refractivity contribution in [3.8, 4) is 0 Å². The van der Waals surface area contributed by atoms with Crippen LogP contribution in [-0.4, -0.2) is 25.9 Å². The fourth-order valence-electron chi connectivity index (χ4n) is 2.81. The van der Waals surface area contributed by atoms with Gasteiger partial charge in [-0.2, -0.15) is 13.2 Å². The number of halogens is 3. The Balaban J connectivity index is 2.02. The molecule has 0 amide bonds. The molecule has 0 bridgehead atoms. The van der Waals surface area contributed by atoms with Gasteiger partial charge in [0.2, 0.25) is 0 Å². The Labute approximate surface area is 127 Å². The summed E-state index contributed by atoms with van der Waals surface area (Å²) in [6.45, 7) is 3.06. The summed E-state index contributed by atoms with van der Waals surface area (Å²) in [5.74, 6) is 0.517. The van der Waals surface area contributed by atoms with Crippen molar-refractivity contribution in [1.82, 2.24) is 5.32 Å². The molecule has 2 rings (SSSR count). The van der Waals surface area contributed by atoms with Crippen molar-refractivity contribution in [3.05, 3.63) is 21.4 Å². The van der Waals surface area contributed by atoms with Crippen LogP contribution >= 0.6 is 11.3 Å². The van der Waals surface area contributed by atoms with Crippen LogP contribution in [0.5, 0.6) is 0 Å². The second-order valence-electron chi connectivity index (χ2n) is 5.84. The van der Waals surface area contributed by atoms with Gasteiger partial charge in [0.25, 0.3) is 0 Å². The zero-order valence-electron chi connectivity index (χ0n) is 12.6. The fraction of sp³-hybridized carbons (Fsp3) is 0.733. The minimum absolute atomic E-state index is 0.139. The molecule has 0 radical (unpaired) electrons. The van der Waals surface area contributed by atoms with Crippen LogP contribution in [0.4, 0.5) is 13.2 Å². The van der Waals surface area contributed by atoms with E-state index in [0.29, 0.717) is 12.3 Å². The van der Waals surface area contributed by atoms with Crippen molar-refractivity contribution in [3.63, 3.8) is 0 Å². The number of hydrogen-bond donors (Lipinski definition) is 1. The van der Waals surface area contributed by atoms with Gasteiger partial charge >= 0.3 is 6.18 Å². The van der Waals surface area contributed by atoms with Crippen LogP contribution in [0.25, 0.3) is 0 Å². The average Bonchev–Trinajstić information content (AvgIpc) is 2.81. The molecule has 1 aliphatic rings. The molecule has 0 saturated heterocycles. The molecule has 21 heavy (non-hydrogen) atoms. The largest absolute Gasteiger partial charge is 0.401 e. The minimum atomic E-state index is -4.15. The van der Waals surface area contributed by atoms with E-state index >= 15 is 0 Å². The van der Waals surface area contributed by atoms with Crippen LogP contribution in [0.15, 0.2) is 6.07 Å². The third-order valence-corrected chi connectivity index (χ3v) is 5.35. The molecular weight excluding hydrogens is 299 g/mol. The van der Waals surface area contributed by atoms with Gasteiger partial charge in [0.1, 0.15) is 0 Å². The number of methoxy groups -OCH3 is 1. The maximum absolute atomic E-state index is 12.2. The lowest BCUT2D eigenvalue weighted by Gasteiger charge is -2.25. The van der Waals surface area contributed by atoms with Gasteiger partial charge in [0.05, 0.1) is 12.6 Å². The zero-order valence-corrected chi connectivity index (χ0v) is 13.4. The highest BCUT2D eigenvalue weighted by molar-refractivity contribution is 7.12. The molecule has 3 atom stereocenters. The Morgan fingerprint density at radius 2 is 2.14 bits per heavy atom. The standard InChI is InChI=1S/C15H22F3NOS/c1-9-4-5-13(20-3)12-7-11(21-14(9)12)6-10(2)19-8-15(16,17)18/h7,9-10,13,19H,4-6,8H2,1-3H3. The molecule has 1 aromatic heterocycles. The summed E-state index contributed by atoms with van der Waals surface area (Å²) in [7, 11) is 1.72. The van der Waals surface area contributed by atoms with Gasteiger partial charge < -0.3 is 10.1 Å². The topological polar surface area (TPSA) is 21.3 Å². The summed E-state index contributed by atoms with van der Waals surface area (Å²) < 4.78 is 42.2. The second kappa shape index (κ2) is 6.67. The first-order valence-corrected chi connectivity index (χ1v) is 8.07. The summed E-state index contributed by atoms with van der Waals surface area (Å²) in [6.07, 6.45) is -1.27. The molecule has 0 fully saturated rings. The molecule has 0 saturated carbocycles. The maximum atomic E-state index is 12.2. The normalized spacial score (nSPS) is 23.9. The molecule has 1 heterocycles. The highest BCUT2D eigenvalue weighted by atomic mass is 32.1. The lowest BCUT2D eigenvalue weighted by Crippen LogP contribution is -2.36. The predicted molar refractivity (Wildman–Crippen MR) is 78.9 cm³/mol. The maximum Gasteiger partial charge on any atom is 0.401 e. The van der Waals surface area contributed by atoms with Crippen molar-refractivity contribution in [2.24, 2.45) is 0 Å². The Bertz CT molecular complexity index is 472. The first kappa shape index (κ1) is 16.8. The lowest BCUT2D eigenvalue weighted by atomic mass is 9.88. The highest BCUT2D eigenvalue weighted by Crippen LogP contribution is 2.43. The molecule has 1 N–H and O–H groups in total. The SMILES string of the molecule is COC1CCC(C)c2sc(CC(C)NCC(F)(F)F)cc21. The molecule has 3 unspecified atom stereocenters. The monoisotopic (exact) mass is 321 g/mol. The van der Waals surface area contributed by atoms with Crippen LogP contribution in [-0.2, 0) is 11.2 Å². The Hall–Kier alpha value is -0.590. The van der Waals surface area contributed by atoms with E-state index in [9.17, 15) is 13.2 Å². The highest BCUT2D eigenvalue weighted by Gasteiger charge is 2.29. The van der Waals surface area contributed by atoms with E-state index in [1.54, 1.807) is 25.4 Å². The second-order valence-corrected chi connectivity index (χ2v) is 7.00. The van der Waals surface area contributed by atoms with E-state index in [1.165, 1.54) is 10.4 Å². The Kier molecular flexibility index (Phi) is 5.33. The zero-order chi connectivity index (χ0) is 15.6. The van der Waals surface area contributed by atoms with Crippen molar-refractivity contribution in [1.29, 1.82) is 0 Å². The van der Waals surface area contributed by atoms with Gasteiger partial charge in [-0.15, -0.1) is 11.3 Å². The molecule has 0 spiro atoms.